The normalized spacial score (nSPS) is 21.2. The van der Waals surface area contributed by atoms with Gasteiger partial charge in [-0.3, -0.25) is 4.98 Å². The molecule has 0 aromatic carbocycles. The van der Waals surface area contributed by atoms with Crippen molar-refractivity contribution in [3.05, 3.63) is 30.1 Å². The second-order valence-corrected chi connectivity index (χ2v) is 7.45. The van der Waals surface area contributed by atoms with Crippen molar-refractivity contribution in [3.8, 4) is 0 Å². The first-order chi connectivity index (χ1) is 12.2. The number of likely N-dealkylation sites (tertiary alicyclic amines) is 1. The predicted octanol–water partition coefficient (Wildman–Crippen LogP) is 3.58. The van der Waals surface area contributed by atoms with Gasteiger partial charge in [-0.15, -0.1) is 0 Å². The number of pyridine rings is 1. The molecule has 1 saturated carbocycles. The average molecular weight is 345 g/mol. The topological polar surface area (TPSA) is 48.5 Å². The Bertz CT molecular complexity index is 536. The van der Waals surface area contributed by atoms with Crippen molar-refractivity contribution in [1.82, 2.24) is 20.1 Å². The van der Waals surface area contributed by atoms with Crippen LogP contribution in [0.3, 0.4) is 0 Å². The quantitative estimate of drug-likeness (QED) is 0.888. The third-order valence-electron chi connectivity index (χ3n) is 5.93. The van der Waals surface area contributed by atoms with E-state index in [4.69, 9.17) is 0 Å². The first kappa shape index (κ1) is 18.2. The van der Waals surface area contributed by atoms with E-state index in [-0.39, 0.29) is 12.1 Å². The number of nitrogens with one attached hydrogen (secondary N) is 1. The first-order valence-electron chi connectivity index (χ1n) is 9.90. The van der Waals surface area contributed by atoms with E-state index < -0.39 is 0 Å². The Labute approximate surface area is 151 Å². The van der Waals surface area contributed by atoms with Gasteiger partial charge in [-0.1, -0.05) is 18.9 Å². The fourth-order valence-electron chi connectivity index (χ4n) is 4.33. The van der Waals surface area contributed by atoms with E-state index in [0.29, 0.717) is 12.6 Å². The number of hydrogen-bond donors (Lipinski definition) is 1. The highest BCUT2D eigenvalue weighted by atomic mass is 16.2. The smallest absolute Gasteiger partial charge is 0.318 e. The zero-order valence-electron chi connectivity index (χ0n) is 15.7. The lowest BCUT2D eigenvalue weighted by Gasteiger charge is -2.37. The summed E-state index contributed by atoms with van der Waals surface area (Å²) >= 11 is 0. The molecule has 25 heavy (non-hydrogen) atoms. The van der Waals surface area contributed by atoms with E-state index in [1.165, 1.54) is 25.7 Å². The van der Waals surface area contributed by atoms with E-state index >= 15 is 0 Å². The summed E-state index contributed by atoms with van der Waals surface area (Å²) in [5, 5.41) is 3.27. The largest absolute Gasteiger partial charge is 0.335 e. The molecular weight excluding hydrogens is 312 g/mol. The molecule has 2 aliphatic rings. The number of carbonyl (C=O) groups excluding carboxylic acids is 1. The van der Waals surface area contributed by atoms with Crippen LogP contribution < -0.4 is 5.32 Å². The second kappa shape index (κ2) is 8.65. The SMILES string of the molecule is CCN(C(=O)NC1CCN(C2CCCC2)CC1)C(C)c1cccnc1. The van der Waals surface area contributed by atoms with Crippen LogP contribution in [-0.4, -0.2) is 52.5 Å². The Morgan fingerprint density at radius 1 is 1.32 bits per heavy atom. The van der Waals surface area contributed by atoms with Crippen molar-refractivity contribution < 1.29 is 4.79 Å². The van der Waals surface area contributed by atoms with Gasteiger partial charge in [0.2, 0.25) is 0 Å². The molecule has 2 fully saturated rings. The van der Waals surface area contributed by atoms with Crippen molar-refractivity contribution in [2.75, 3.05) is 19.6 Å². The van der Waals surface area contributed by atoms with Gasteiger partial charge in [-0.2, -0.15) is 0 Å². The Morgan fingerprint density at radius 2 is 2.04 bits per heavy atom. The van der Waals surface area contributed by atoms with Gasteiger partial charge in [-0.05, 0) is 51.2 Å². The molecule has 5 nitrogen and oxygen atoms in total. The molecule has 1 unspecified atom stereocenters. The minimum absolute atomic E-state index is 0.0391. The van der Waals surface area contributed by atoms with Gasteiger partial charge in [-0.25, -0.2) is 4.79 Å². The van der Waals surface area contributed by atoms with E-state index in [2.05, 4.69) is 22.1 Å². The van der Waals surface area contributed by atoms with Crippen LogP contribution in [0, 0.1) is 0 Å². The Morgan fingerprint density at radius 3 is 2.64 bits per heavy atom. The maximum atomic E-state index is 12.8. The number of hydrogen-bond acceptors (Lipinski definition) is 3. The lowest BCUT2D eigenvalue weighted by Crippen LogP contribution is -2.51. The minimum atomic E-state index is 0.0391. The van der Waals surface area contributed by atoms with Crippen LogP contribution in [0.2, 0.25) is 0 Å². The second-order valence-electron chi connectivity index (χ2n) is 7.45. The van der Waals surface area contributed by atoms with Gasteiger partial charge < -0.3 is 15.1 Å². The summed E-state index contributed by atoms with van der Waals surface area (Å²) in [6, 6.07) is 5.16. The molecule has 1 aromatic rings. The van der Waals surface area contributed by atoms with Crippen LogP contribution in [-0.2, 0) is 0 Å². The molecule has 1 atom stereocenters. The summed E-state index contributed by atoms with van der Waals surface area (Å²) in [5.41, 5.74) is 1.08. The molecule has 1 aromatic heterocycles. The van der Waals surface area contributed by atoms with Crippen LogP contribution in [0.15, 0.2) is 24.5 Å². The van der Waals surface area contributed by atoms with Crippen LogP contribution in [0.4, 0.5) is 4.79 Å². The highest BCUT2D eigenvalue weighted by Gasteiger charge is 2.29. The number of urea groups is 1. The molecule has 2 amide bonds. The monoisotopic (exact) mass is 344 g/mol. The van der Waals surface area contributed by atoms with Crippen LogP contribution in [0.25, 0.3) is 0 Å². The molecule has 138 valence electrons. The highest BCUT2D eigenvalue weighted by Crippen LogP contribution is 2.26. The number of carbonyl (C=O) groups is 1. The Hall–Kier alpha value is -1.62. The van der Waals surface area contributed by atoms with Gasteiger partial charge in [0.15, 0.2) is 0 Å². The minimum Gasteiger partial charge on any atom is -0.335 e. The van der Waals surface area contributed by atoms with Gasteiger partial charge in [0.1, 0.15) is 0 Å². The first-order valence-corrected chi connectivity index (χ1v) is 9.90. The van der Waals surface area contributed by atoms with Crippen molar-refractivity contribution in [2.45, 2.75) is 70.5 Å². The average Bonchev–Trinajstić information content (AvgIpc) is 3.18. The molecule has 1 N–H and O–H groups in total. The summed E-state index contributed by atoms with van der Waals surface area (Å²) in [6.07, 6.45) is 11.3. The third-order valence-corrected chi connectivity index (χ3v) is 5.93. The molecule has 0 spiro atoms. The maximum Gasteiger partial charge on any atom is 0.318 e. The highest BCUT2D eigenvalue weighted by molar-refractivity contribution is 5.75. The molecule has 0 radical (unpaired) electrons. The van der Waals surface area contributed by atoms with Crippen LogP contribution in [0.1, 0.15) is 64.0 Å². The molecule has 2 heterocycles. The van der Waals surface area contributed by atoms with E-state index in [9.17, 15) is 4.79 Å². The molecule has 1 aliphatic carbocycles. The number of aromatic nitrogens is 1. The Balaban J connectivity index is 1.50. The number of rotatable bonds is 5. The number of amides is 2. The standard InChI is InChI=1S/C20H32N4O/c1-3-24(16(2)17-7-6-12-21-15-17)20(25)22-18-10-13-23(14-11-18)19-8-4-5-9-19/h6-7,12,15-16,18-19H,3-5,8-11,13-14H2,1-2H3,(H,22,25). The lowest BCUT2D eigenvalue weighted by atomic mass is 10.0. The summed E-state index contributed by atoms with van der Waals surface area (Å²) in [7, 11) is 0. The zero-order valence-corrected chi connectivity index (χ0v) is 15.7. The zero-order chi connectivity index (χ0) is 17.6. The fraction of sp³-hybridized carbons (Fsp3) is 0.700. The number of piperidine rings is 1. The summed E-state index contributed by atoms with van der Waals surface area (Å²) in [5.74, 6) is 0. The van der Waals surface area contributed by atoms with E-state index in [0.717, 1.165) is 37.5 Å². The van der Waals surface area contributed by atoms with E-state index in [1.54, 1.807) is 6.20 Å². The van der Waals surface area contributed by atoms with Crippen molar-refractivity contribution in [3.63, 3.8) is 0 Å². The van der Waals surface area contributed by atoms with Gasteiger partial charge >= 0.3 is 6.03 Å². The molecular formula is C20H32N4O. The van der Waals surface area contributed by atoms with Crippen molar-refractivity contribution in [2.24, 2.45) is 0 Å². The van der Waals surface area contributed by atoms with Gasteiger partial charge in [0.05, 0.1) is 6.04 Å². The van der Waals surface area contributed by atoms with Crippen LogP contribution in [0.5, 0.6) is 0 Å². The molecule has 5 heteroatoms. The third kappa shape index (κ3) is 4.51. The predicted molar refractivity (Wildman–Crippen MR) is 100 cm³/mol. The molecule has 1 aliphatic heterocycles. The fourth-order valence-corrected chi connectivity index (χ4v) is 4.33. The van der Waals surface area contributed by atoms with Gasteiger partial charge in [0.25, 0.3) is 0 Å². The van der Waals surface area contributed by atoms with Gasteiger partial charge in [0, 0.05) is 44.1 Å². The lowest BCUT2D eigenvalue weighted by molar-refractivity contribution is 0.137. The van der Waals surface area contributed by atoms with Crippen molar-refractivity contribution >= 4 is 6.03 Å². The summed E-state index contributed by atoms with van der Waals surface area (Å²) < 4.78 is 0. The Kier molecular flexibility index (Phi) is 6.29. The summed E-state index contributed by atoms with van der Waals surface area (Å²) in [6.45, 7) is 7.06. The number of nitrogens with zero attached hydrogens (tertiary/aromatic N) is 3. The van der Waals surface area contributed by atoms with E-state index in [1.807, 2.05) is 30.2 Å². The maximum absolute atomic E-state index is 12.8. The molecule has 3 rings (SSSR count). The van der Waals surface area contributed by atoms with Crippen molar-refractivity contribution in [1.29, 1.82) is 0 Å². The van der Waals surface area contributed by atoms with Crippen LogP contribution >= 0.6 is 0 Å². The molecule has 0 bridgehead atoms. The summed E-state index contributed by atoms with van der Waals surface area (Å²) in [4.78, 5) is 21.5. The molecule has 1 saturated heterocycles.